The van der Waals surface area contributed by atoms with Gasteiger partial charge in [0.1, 0.15) is 5.75 Å². The second kappa shape index (κ2) is 9.73. The highest BCUT2D eigenvalue weighted by molar-refractivity contribution is 6.30. The number of methoxy groups -OCH3 is 1. The summed E-state index contributed by atoms with van der Waals surface area (Å²) in [5.74, 6) is 2.06. The van der Waals surface area contributed by atoms with Gasteiger partial charge in [-0.3, -0.25) is 0 Å². The molecule has 3 rings (SSSR count). The molecule has 0 unspecified atom stereocenters. The fourth-order valence-electron chi connectivity index (χ4n) is 2.64. The van der Waals surface area contributed by atoms with Gasteiger partial charge in [0.15, 0.2) is 5.82 Å². The van der Waals surface area contributed by atoms with Gasteiger partial charge in [-0.15, -0.1) is 5.10 Å². The minimum absolute atomic E-state index is 0.503. The molecular formula is C20H22ClN5O. The zero-order valence-corrected chi connectivity index (χ0v) is 15.9. The largest absolute Gasteiger partial charge is 0.497 e. The molecule has 0 aliphatic carbocycles. The standard InChI is InChI=1S/C20H22ClN5O/c1-27-18-7-3-5-16(13-18)8-10-22-19-14-24-26-20(25-19)23-11-9-15-4-2-6-17(21)12-15/h2-7,12-14H,8-11H2,1H3,(H2,22,23,25,26). The number of ether oxygens (including phenoxy) is 1. The number of anilines is 2. The summed E-state index contributed by atoms with van der Waals surface area (Å²) in [6.45, 7) is 1.45. The van der Waals surface area contributed by atoms with Crippen molar-refractivity contribution in [2.45, 2.75) is 12.8 Å². The minimum atomic E-state index is 0.503. The van der Waals surface area contributed by atoms with Crippen molar-refractivity contribution in [3.8, 4) is 5.75 Å². The second-order valence-corrected chi connectivity index (χ2v) is 6.44. The molecule has 1 aromatic heterocycles. The molecule has 0 spiro atoms. The summed E-state index contributed by atoms with van der Waals surface area (Å²) in [6.07, 6.45) is 3.31. The average Bonchev–Trinajstić information content (AvgIpc) is 2.69. The Hall–Kier alpha value is -2.86. The molecule has 0 aliphatic heterocycles. The van der Waals surface area contributed by atoms with E-state index in [0.29, 0.717) is 18.3 Å². The Labute approximate surface area is 164 Å². The van der Waals surface area contributed by atoms with Crippen LogP contribution >= 0.6 is 11.6 Å². The van der Waals surface area contributed by atoms with Crippen LogP contribution in [-0.2, 0) is 12.8 Å². The lowest BCUT2D eigenvalue weighted by Gasteiger charge is -2.08. The van der Waals surface area contributed by atoms with Gasteiger partial charge in [0.05, 0.1) is 13.3 Å². The molecule has 0 fully saturated rings. The lowest BCUT2D eigenvalue weighted by atomic mass is 10.1. The Morgan fingerprint density at radius 3 is 2.48 bits per heavy atom. The molecule has 0 bridgehead atoms. The SMILES string of the molecule is COc1cccc(CCNc2cnnc(NCCc3cccc(Cl)c3)n2)c1. The van der Waals surface area contributed by atoms with Crippen LogP contribution in [0.3, 0.4) is 0 Å². The molecule has 27 heavy (non-hydrogen) atoms. The van der Waals surface area contributed by atoms with Gasteiger partial charge < -0.3 is 15.4 Å². The lowest BCUT2D eigenvalue weighted by molar-refractivity contribution is 0.414. The van der Waals surface area contributed by atoms with Crippen LogP contribution in [0.2, 0.25) is 5.02 Å². The fraction of sp³-hybridized carbons (Fsp3) is 0.250. The van der Waals surface area contributed by atoms with Crippen LogP contribution in [0, 0.1) is 0 Å². The topological polar surface area (TPSA) is 72.0 Å². The molecule has 0 atom stereocenters. The smallest absolute Gasteiger partial charge is 0.244 e. The van der Waals surface area contributed by atoms with Gasteiger partial charge in [-0.25, -0.2) is 0 Å². The Morgan fingerprint density at radius 2 is 1.70 bits per heavy atom. The number of nitrogens with one attached hydrogen (secondary N) is 2. The maximum absolute atomic E-state index is 6.00. The first kappa shape index (κ1) is 18.9. The molecule has 2 N–H and O–H groups in total. The van der Waals surface area contributed by atoms with Gasteiger partial charge in [-0.05, 0) is 48.2 Å². The van der Waals surface area contributed by atoms with Crippen LogP contribution in [0.4, 0.5) is 11.8 Å². The molecular weight excluding hydrogens is 362 g/mol. The first-order valence-corrected chi connectivity index (χ1v) is 9.15. The highest BCUT2D eigenvalue weighted by Gasteiger charge is 2.02. The van der Waals surface area contributed by atoms with E-state index in [4.69, 9.17) is 16.3 Å². The van der Waals surface area contributed by atoms with E-state index < -0.39 is 0 Å². The average molecular weight is 384 g/mol. The summed E-state index contributed by atoms with van der Waals surface area (Å²) >= 11 is 6.00. The number of benzene rings is 2. The molecule has 2 aromatic carbocycles. The second-order valence-electron chi connectivity index (χ2n) is 6.00. The van der Waals surface area contributed by atoms with Crippen molar-refractivity contribution in [2.24, 2.45) is 0 Å². The Morgan fingerprint density at radius 1 is 0.963 bits per heavy atom. The van der Waals surface area contributed by atoms with Crippen LogP contribution in [0.5, 0.6) is 5.75 Å². The predicted octanol–water partition coefficient (Wildman–Crippen LogP) is 3.84. The number of hydrogen-bond donors (Lipinski definition) is 2. The summed E-state index contributed by atoms with van der Waals surface area (Å²) < 4.78 is 5.24. The van der Waals surface area contributed by atoms with Crippen molar-refractivity contribution in [1.29, 1.82) is 0 Å². The molecule has 0 amide bonds. The molecule has 3 aromatic rings. The number of hydrogen-bond acceptors (Lipinski definition) is 6. The van der Waals surface area contributed by atoms with Crippen molar-refractivity contribution in [1.82, 2.24) is 15.2 Å². The van der Waals surface area contributed by atoms with E-state index in [0.717, 1.165) is 35.7 Å². The van der Waals surface area contributed by atoms with Crippen LogP contribution < -0.4 is 15.4 Å². The van der Waals surface area contributed by atoms with Gasteiger partial charge in [-0.2, -0.15) is 10.1 Å². The molecule has 0 saturated heterocycles. The quantitative estimate of drug-likeness (QED) is 0.585. The van der Waals surface area contributed by atoms with Crippen LogP contribution in [0.1, 0.15) is 11.1 Å². The molecule has 1 heterocycles. The minimum Gasteiger partial charge on any atom is -0.497 e. The molecule has 7 heteroatoms. The van der Waals surface area contributed by atoms with E-state index >= 15 is 0 Å². The first-order chi connectivity index (χ1) is 13.2. The molecule has 0 radical (unpaired) electrons. The Balaban J connectivity index is 1.46. The normalized spacial score (nSPS) is 10.4. The number of rotatable bonds is 9. The zero-order chi connectivity index (χ0) is 18.9. The van der Waals surface area contributed by atoms with Crippen molar-refractivity contribution in [3.63, 3.8) is 0 Å². The summed E-state index contributed by atoms with van der Waals surface area (Å²) in [6, 6.07) is 15.8. The van der Waals surface area contributed by atoms with E-state index in [9.17, 15) is 0 Å². The van der Waals surface area contributed by atoms with Crippen molar-refractivity contribution >= 4 is 23.4 Å². The maximum atomic E-state index is 6.00. The van der Waals surface area contributed by atoms with Crippen LogP contribution in [0.25, 0.3) is 0 Å². The van der Waals surface area contributed by atoms with E-state index in [1.54, 1.807) is 13.3 Å². The summed E-state index contributed by atoms with van der Waals surface area (Å²) in [5, 5.41) is 15.2. The number of halogens is 1. The van der Waals surface area contributed by atoms with E-state index in [2.05, 4.69) is 31.9 Å². The van der Waals surface area contributed by atoms with Crippen molar-refractivity contribution in [2.75, 3.05) is 30.8 Å². The first-order valence-electron chi connectivity index (χ1n) is 8.78. The van der Waals surface area contributed by atoms with Gasteiger partial charge in [0, 0.05) is 18.1 Å². The third kappa shape index (κ3) is 6.11. The van der Waals surface area contributed by atoms with Gasteiger partial charge >= 0.3 is 0 Å². The van der Waals surface area contributed by atoms with Crippen LogP contribution in [0.15, 0.2) is 54.7 Å². The monoisotopic (exact) mass is 383 g/mol. The van der Waals surface area contributed by atoms with Crippen molar-refractivity contribution in [3.05, 3.63) is 70.9 Å². The van der Waals surface area contributed by atoms with Gasteiger partial charge in [-0.1, -0.05) is 35.9 Å². The van der Waals surface area contributed by atoms with E-state index in [-0.39, 0.29) is 0 Å². The van der Waals surface area contributed by atoms with Crippen molar-refractivity contribution < 1.29 is 4.74 Å². The summed E-state index contributed by atoms with van der Waals surface area (Å²) in [7, 11) is 1.67. The molecule has 0 aliphatic rings. The molecule has 6 nitrogen and oxygen atoms in total. The lowest BCUT2D eigenvalue weighted by Crippen LogP contribution is -2.12. The summed E-state index contributed by atoms with van der Waals surface area (Å²) in [5.41, 5.74) is 2.36. The number of aromatic nitrogens is 3. The highest BCUT2D eigenvalue weighted by Crippen LogP contribution is 2.14. The van der Waals surface area contributed by atoms with Gasteiger partial charge in [0.2, 0.25) is 5.95 Å². The zero-order valence-electron chi connectivity index (χ0n) is 15.2. The van der Waals surface area contributed by atoms with E-state index in [1.807, 2.05) is 42.5 Å². The third-order valence-corrected chi connectivity index (χ3v) is 4.23. The van der Waals surface area contributed by atoms with E-state index in [1.165, 1.54) is 5.56 Å². The molecule has 0 saturated carbocycles. The van der Waals surface area contributed by atoms with Gasteiger partial charge in [0.25, 0.3) is 0 Å². The summed E-state index contributed by atoms with van der Waals surface area (Å²) in [4.78, 5) is 4.44. The Kier molecular flexibility index (Phi) is 6.82. The maximum Gasteiger partial charge on any atom is 0.244 e. The fourth-order valence-corrected chi connectivity index (χ4v) is 2.85. The molecule has 140 valence electrons. The Bertz CT molecular complexity index is 874. The number of nitrogens with zero attached hydrogens (tertiary/aromatic N) is 3. The highest BCUT2D eigenvalue weighted by atomic mass is 35.5. The predicted molar refractivity (Wildman–Crippen MR) is 109 cm³/mol. The third-order valence-electron chi connectivity index (χ3n) is 4.00. The van der Waals surface area contributed by atoms with Crippen LogP contribution in [-0.4, -0.2) is 35.4 Å².